The molecule has 0 aliphatic heterocycles. The van der Waals surface area contributed by atoms with Crippen molar-refractivity contribution in [3.63, 3.8) is 0 Å². The molecule has 1 aliphatic rings. The van der Waals surface area contributed by atoms with E-state index in [9.17, 15) is 0 Å². The predicted octanol–water partition coefficient (Wildman–Crippen LogP) is 7.30. The van der Waals surface area contributed by atoms with Crippen LogP contribution in [0, 0.1) is 5.92 Å². The molecule has 1 heteroatoms. The van der Waals surface area contributed by atoms with E-state index in [4.69, 9.17) is 5.73 Å². The van der Waals surface area contributed by atoms with Crippen LogP contribution in [0.4, 0.5) is 5.69 Å². The zero-order valence-corrected chi connectivity index (χ0v) is 17.1. The number of benzene rings is 2. The van der Waals surface area contributed by atoms with Gasteiger partial charge in [-0.05, 0) is 79.2 Å². The highest BCUT2D eigenvalue weighted by Crippen LogP contribution is 2.37. The summed E-state index contributed by atoms with van der Waals surface area (Å²) in [6, 6.07) is 17.8. The first-order chi connectivity index (χ1) is 13.2. The molecule has 0 atom stereocenters. The topological polar surface area (TPSA) is 26.0 Å². The predicted molar refractivity (Wildman–Crippen MR) is 118 cm³/mol. The Morgan fingerprint density at radius 1 is 0.741 bits per heavy atom. The third-order valence-corrected chi connectivity index (χ3v) is 6.45. The van der Waals surface area contributed by atoms with Crippen molar-refractivity contribution >= 4 is 5.69 Å². The fourth-order valence-electron chi connectivity index (χ4n) is 4.57. The minimum Gasteiger partial charge on any atom is -0.399 e. The van der Waals surface area contributed by atoms with Crippen LogP contribution in [-0.2, 0) is 12.8 Å². The van der Waals surface area contributed by atoms with Crippen LogP contribution in [0.15, 0.2) is 48.5 Å². The van der Waals surface area contributed by atoms with E-state index in [1.54, 1.807) is 5.56 Å². The molecule has 146 valence electrons. The summed E-state index contributed by atoms with van der Waals surface area (Å²) in [5.41, 5.74) is 11.0. The molecule has 0 radical (unpaired) electrons. The van der Waals surface area contributed by atoms with E-state index < -0.39 is 0 Å². The third-order valence-electron chi connectivity index (χ3n) is 6.45. The molecular weight excluding hydrogens is 326 g/mol. The van der Waals surface area contributed by atoms with Gasteiger partial charge in [-0.3, -0.25) is 0 Å². The summed E-state index contributed by atoms with van der Waals surface area (Å²) in [4.78, 5) is 0. The van der Waals surface area contributed by atoms with Crippen molar-refractivity contribution in [3.8, 4) is 0 Å². The van der Waals surface area contributed by atoms with Crippen LogP contribution in [0.3, 0.4) is 0 Å². The van der Waals surface area contributed by atoms with Crippen molar-refractivity contribution in [1.82, 2.24) is 0 Å². The molecule has 0 heterocycles. The molecule has 1 nitrogen and oxygen atoms in total. The molecule has 1 aliphatic carbocycles. The molecule has 0 bridgehead atoms. The second-order valence-electron chi connectivity index (χ2n) is 8.55. The second kappa shape index (κ2) is 10.5. The largest absolute Gasteiger partial charge is 0.399 e. The lowest BCUT2D eigenvalue weighted by atomic mass is 9.77. The molecule has 0 spiro atoms. The summed E-state index contributed by atoms with van der Waals surface area (Å²) in [7, 11) is 0. The molecular formula is C26H37N. The van der Waals surface area contributed by atoms with Crippen LogP contribution in [0.5, 0.6) is 0 Å². The van der Waals surface area contributed by atoms with E-state index in [1.807, 2.05) is 12.1 Å². The quantitative estimate of drug-likeness (QED) is 0.367. The van der Waals surface area contributed by atoms with Gasteiger partial charge >= 0.3 is 0 Å². The molecule has 0 amide bonds. The molecule has 27 heavy (non-hydrogen) atoms. The Hall–Kier alpha value is -1.76. The molecule has 0 unspecified atom stereocenters. The maximum absolute atomic E-state index is 5.77. The Bertz CT molecular complexity index is 648. The van der Waals surface area contributed by atoms with Crippen LogP contribution in [0.1, 0.15) is 87.3 Å². The van der Waals surface area contributed by atoms with Crippen LogP contribution in [0.25, 0.3) is 0 Å². The zero-order chi connectivity index (χ0) is 18.9. The number of rotatable bonds is 9. The second-order valence-corrected chi connectivity index (χ2v) is 8.55. The lowest BCUT2D eigenvalue weighted by Gasteiger charge is -2.29. The van der Waals surface area contributed by atoms with Crippen LogP contribution >= 0.6 is 0 Å². The van der Waals surface area contributed by atoms with E-state index >= 15 is 0 Å². The van der Waals surface area contributed by atoms with Gasteiger partial charge in [0.2, 0.25) is 0 Å². The normalized spacial score (nSPS) is 19.9. The highest BCUT2D eigenvalue weighted by Gasteiger charge is 2.21. The Morgan fingerprint density at radius 2 is 1.33 bits per heavy atom. The van der Waals surface area contributed by atoms with Gasteiger partial charge in [0.1, 0.15) is 0 Å². The molecule has 0 saturated heterocycles. The molecule has 1 saturated carbocycles. The van der Waals surface area contributed by atoms with Gasteiger partial charge in [0.25, 0.3) is 0 Å². The molecule has 1 fully saturated rings. The highest BCUT2D eigenvalue weighted by molar-refractivity contribution is 5.39. The Kier molecular flexibility index (Phi) is 7.80. The Balaban J connectivity index is 1.42. The number of hydrogen-bond donors (Lipinski definition) is 1. The van der Waals surface area contributed by atoms with Gasteiger partial charge in [-0.15, -0.1) is 0 Å². The van der Waals surface area contributed by atoms with Crippen molar-refractivity contribution in [3.05, 3.63) is 65.2 Å². The summed E-state index contributed by atoms with van der Waals surface area (Å²) >= 11 is 0. The van der Waals surface area contributed by atoms with E-state index in [-0.39, 0.29) is 0 Å². The number of anilines is 1. The number of nitrogens with two attached hydrogens (primary N) is 1. The van der Waals surface area contributed by atoms with E-state index in [0.29, 0.717) is 0 Å². The molecule has 2 aromatic carbocycles. The maximum atomic E-state index is 5.77. The first-order valence-electron chi connectivity index (χ1n) is 11.2. The van der Waals surface area contributed by atoms with Crippen molar-refractivity contribution < 1.29 is 0 Å². The van der Waals surface area contributed by atoms with Gasteiger partial charge < -0.3 is 5.73 Å². The number of aryl methyl sites for hydroxylation is 2. The smallest absolute Gasteiger partial charge is 0.0314 e. The van der Waals surface area contributed by atoms with Gasteiger partial charge in [-0.2, -0.15) is 0 Å². The summed E-state index contributed by atoms with van der Waals surface area (Å²) in [5, 5.41) is 0. The lowest BCUT2D eigenvalue weighted by molar-refractivity contribution is 0.302. The monoisotopic (exact) mass is 363 g/mol. The van der Waals surface area contributed by atoms with E-state index in [1.165, 1.54) is 68.9 Å². The van der Waals surface area contributed by atoms with Crippen molar-refractivity contribution in [2.24, 2.45) is 5.92 Å². The Labute approximate surface area is 166 Å². The SMILES string of the molecule is CCCCCCC1CCC(c2ccc(CCc3ccc(N)cc3)cc2)CC1. The fourth-order valence-corrected chi connectivity index (χ4v) is 4.57. The lowest BCUT2D eigenvalue weighted by Crippen LogP contribution is -2.13. The minimum absolute atomic E-state index is 0.794. The van der Waals surface area contributed by atoms with Gasteiger partial charge in [0.05, 0.1) is 0 Å². The number of nitrogen functional groups attached to an aromatic ring is 1. The fraction of sp³-hybridized carbons (Fsp3) is 0.538. The van der Waals surface area contributed by atoms with Crippen LogP contribution < -0.4 is 5.73 Å². The molecule has 2 aromatic rings. The van der Waals surface area contributed by atoms with Gasteiger partial charge in [0, 0.05) is 5.69 Å². The molecule has 0 aromatic heterocycles. The average molecular weight is 364 g/mol. The third kappa shape index (κ3) is 6.41. The standard InChI is InChI=1S/C26H37N/c1-2-3-4-5-6-21-9-15-24(16-10-21)25-17-11-22(12-18-25)7-8-23-13-19-26(27)20-14-23/h11-14,17-21,24H,2-10,15-16,27H2,1H3. The number of unbranched alkanes of at least 4 members (excludes halogenated alkanes) is 3. The minimum atomic E-state index is 0.794. The van der Waals surface area contributed by atoms with Gasteiger partial charge in [0.15, 0.2) is 0 Å². The summed E-state index contributed by atoms with van der Waals surface area (Å²) in [6.45, 7) is 2.30. The van der Waals surface area contributed by atoms with Gasteiger partial charge in [-0.1, -0.05) is 75.4 Å². The summed E-state index contributed by atoms with van der Waals surface area (Å²) in [5.74, 6) is 1.79. The summed E-state index contributed by atoms with van der Waals surface area (Å²) < 4.78 is 0. The first kappa shape index (κ1) is 20.0. The van der Waals surface area contributed by atoms with Crippen LogP contribution in [0.2, 0.25) is 0 Å². The number of hydrogen-bond acceptors (Lipinski definition) is 1. The zero-order valence-electron chi connectivity index (χ0n) is 17.1. The van der Waals surface area contributed by atoms with Crippen LogP contribution in [-0.4, -0.2) is 0 Å². The average Bonchev–Trinajstić information content (AvgIpc) is 2.72. The highest BCUT2D eigenvalue weighted by atomic mass is 14.5. The van der Waals surface area contributed by atoms with E-state index in [2.05, 4.69) is 43.3 Å². The van der Waals surface area contributed by atoms with Crippen molar-refractivity contribution in [1.29, 1.82) is 0 Å². The van der Waals surface area contributed by atoms with Crippen molar-refractivity contribution in [2.75, 3.05) is 5.73 Å². The molecule has 2 N–H and O–H groups in total. The van der Waals surface area contributed by atoms with Crippen molar-refractivity contribution in [2.45, 2.75) is 83.5 Å². The maximum Gasteiger partial charge on any atom is 0.0314 e. The van der Waals surface area contributed by atoms with Gasteiger partial charge in [-0.25, -0.2) is 0 Å². The molecule has 3 rings (SSSR count). The first-order valence-corrected chi connectivity index (χ1v) is 11.2. The Morgan fingerprint density at radius 3 is 1.93 bits per heavy atom. The van der Waals surface area contributed by atoms with E-state index in [0.717, 1.165) is 30.4 Å². The summed E-state index contributed by atoms with van der Waals surface area (Å²) in [6.07, 6.45) is 15.0.